The van der Waals surface area contributed by atoms with Crippen LogP contribution in [0, 0.1) is 11.5 Å². The van der Waals surface area contributed by atoms with E-state index in [-0.39, 0.29) is 10.4 Å². The Labute approximate surface area is 132 Å². The van der Waals surface area contributed by atoms with Crippen LogP contribution in [0.15, 0.2) is 53.0 Å². The highest BCUT2D eigenvalue weighted by atomic mass is 79.9. The molecule has 4 nitrogen and oxygen atoms in total. The van der Waals surface area contributed by atoms with Gasteiger partial charge in [0.1, 0.15) is 11.9 Å². The van der Waals surface area contributed by atoms with Gasteiger partial charge in [-0.2, -0.15) is 10.3 Å². The number of nitrogens with zero attached hydrogens (tertiary/aromatic N) is 3. The first-order valence-electron chi connectivity index (χ1n) is 6.74. The number of rotatable bonds is 1. The van der Waals surface area contributed by atoms with Crippen LogP contribution in [-0.4, -0.2) is 15.0 Å². The molecule has 0 bridgehead atoms. The number of hydrogen-bond acceptors (Lipinski definition) is 4. The minimum absolute atomic E-state index is 0.118. The molecule has 2 heterocycles. The van der Waals surface area contributed by atoms with Crippen LogP contribution in [0.25, 0.3) is 0 Å². The second-order valence-electron chi connectivity index (χ2n) is 5.36. The second-order valence-corrected chi connectivity index (χ2v) is 7.18. The molecule has 5 heteroatoms. The van der Waals surface area contributed by atoms with Gasteiger partial charge in [-0.1, -0.05) is 28.1 Å². The highest BCUT2D eigenvalue weighted by molar-refractivity contribution is 9.10. The van der Waals surface area contributed by atoms with Gasteiger partial charge in [0.2, 0.25) is 6.19 Å². The fraction of sp³-hybridized carbons (Fsp3) is 0.312. The fourth-order valence-electron chi connectivity index (χ4n) is 2.57. The van der Waals surface area contributed by atoms with Crippen molar-refractivity contribution in [2.75, 3.05) is 0 Å². The third kappa shape index (κ3) is 2.91. The van der Waals surface area contributed by atoms with Crippen molar-refractivity contribution in [1.82, 2.24) is 4.98 Å². The Balaban J connectivity index is 1.98. The van der Waals surface area contributed by atoms with Gasteiger partial charge in [0.05, 0.1) is 5.71 Å². The summed E-state index contributed by atoms with van der Waals surface area (Å²) < 4.78 is 5.97. The zero-order valence-electron chi connectivity index (χ0n) is 11.6. The minimum atomic E-state index is -0.145. The summed E-state index contributed by atoms with van der Waals surface area (Å²) in [4.78, 5) is 8.13. The Bertz CT molecular complexity index is 683. The molecule has 21 heavy (non-hydrogen) atoms. The molecule has 2 aliphatic rings. The summed E-state index contributed by atoms with van der Waals surface area (Å²) in [5.41, 5.74) is 2.69. The molecular weight excluding hydrogens is 330 g/mol. The Morgan fingerprint density at radius 2 is 2.43 bits per heavy atom. The van der Waals surface area contributed by atoms with Gasteiger partial charge < -0.3 is 4.74 Å². The molecule has 1 aliphatic heterocycles. The Kier molecular flexibility index (Phi) is 3.64. The molecule has 106 valence electrons. The summed E-state index contributed by atoms with van der Waals surface area (Å²) in [5.74, 6) is 0.807. The average molecular weight is 344 g/mol. The molecular formula is C16H14BrN3O. The quantitative estimate of drug-likeness (QED) is 0.575. The molecule has 0 amide bonds. The summed E-state index contributed by atoms with van der Waals surface area (Å²) in [7, 11) is 0. The van der Waals surface area contributed by atoms with Gasteiger partial charge in [-0.15, -0.1) is 0 Å². The Morgan fingerprint density at radius 1 is 1.57 bits per heavy atom. The van der Waals surface area contributed by atoms with Crippen molar-refractivity contribution in [2.45, 2.75) is 30.2 Å². The van der Waals surface area contributed by atoms with Crippen LogP contribution in [0.3, 0.4) is 0 Å². The van der Waals surface area contributed by atoms with E-state index >= 15 is 0 Å². The molecule has 0 saturated carbocycles. The average Bonchev–Trinajstić information content (AvgIpc) is 2.48. The van der Waals surface area contributed by atoms with Crippen LogP contribution in [0.5, 0.6) is 0 Å². The molecule has 1 aromatic heterocycles. The van der Waals surface area contributed by atoms with Crippen molar-refractivity contribution < 1.29 is 4.74 Å². The predicted molar refractivity (Wildman–Crippen MR) is 83.8 cm³/mol. The van der Waals surface area contributed by atoms with Crippen LogP contribution in [0.1, 0.15) is 31.4 Å². The van der Waals surface area contributed by atoms with E-state index in [1.807, 2.05) is 18.3 Å². The topological polar surface area (TPSA) is 58.3 Å². The lowest BCUT2D eigenvalue weighted by Crippen LogP contribution is -2.27. The number of nitriles is 1. The fourth-order valence-corrected chi connectivity index (χ4v) is 2.96. The van der Waals surface area contributed by atoms with Crippen molar-refractivity contribution >= 4 is 21.6 Å². The van der Waals surface area contributed by atoms with Crippen molar-refractivity contribution in [3.63, 3.8) is 0 Å². The van der Waals surface area contributed by atoms with Gasteiger partial charge in [-0.25, -0.2) is 0 Å². The monoisotopic (exact) mass is 343 g/mol. The lowest BCUT2D eigenvalue weighted by atomic mass is 9.88. The van der Waals surface area contributed by atoms with E-state index in [1.54, 1.807) is 12.4 Å². The maximum atomic E-state index is 8.95. The van der Waals surface area contributed by atoms with Gasteiger partial charge in [0.25, 0.3) is 0 Å². The van der Waals surface area contributed by atoms with Crippen molar-refractivity contribution in [3.8, 4) is 6.19 Å². The summed E-state index contributed by atoms with van der Waals surface area (Å²) in [5, 5.41) is 8.95. The Hall–Kier alpha value is -1.93. The Morgan fingerprint density at radius 3 is 3.14 bits per heavy atom. The summed E-state index contributed by atoms with van der Waals surface area (Å²) in [6, 6.07) is 3.87. The van der Waals surface area contributed by atoms with Crippen molar-refractivity contribution in [3.05, 3.63) is 53.6 Å². The number of alkyl halides is 1. The molecule has 0 spiro atoms. The predicted octanol–water partition coefficient (Wildman–Crippen LogP) is 3.83. The number of fused-ring (bicyclic) bond motifs is 1. The molecule has 1 aliphatic carbocycles. The molecule has 0 N–H and O–H groups in total. The smallest absolute Gasteiger partial charge is 0.205 e. The lowest BCUT2D eigenvalue weighted by molar-refractivity contribution is 0.120. The maximum Gasteiger partial charge on any atom is 0.205 e. The second kappa shape index (κ2) is 5.45. The molecule has 2 atom stereocenters. The highest BCUT2D eigenvalue weighted by Gasteiger charge is 2.34. The number of aromatic nitrogens is 1. The molecule has 3 rings (SSSR count). The molecule has 0 radical (unpaired) electrons. The summed E-state index contributed by atoms with van der Waals surface area (Å²) in [6.07, 6.45) is 10.8. The molecule has 1 aromatic rings. The molecule has 1 saturated heterocycles. The van der Waals surface area contributed by atoms with Gasteiger partial charge in [0, 0.05) is 34.3 Å². The molecule has 0 aromatic carbocycles. The van der Waals surface area contributed by atoms with Crippen LogP contribution in [0.2, 0.25) is 0 Å². The zero-order chi connectivity index (χ0) is 14.9. The summed E-state index contributed by atoms with van der Waals surface area (Å²) in [6.45, 7) is 2.09. The van der Waals surface area contributed by atoms with E-state index in [1.165, 1.54) is 0 Å². The standard InChI is InChI=1S/C16H14BrN3O/c1-16(17)5-4-14-12(8-16)13(20-10-18)7-15(21-14)11-3-2-6-19-9-11/h2-4,6,8-9,15H,5,7H2,1H3/b20-13+. The van der Waals surface area contributed by atoms with Crippen LogP contribution in [0.4, 0.5) is 0 Å². The SMILES string of the molecule is CC1(Br)C=C2C(=CC1)OC(c1cccnc1)C/C2=N\C#N. The number of halogens is 1. The van der Waals surface area contributed by atoms with E-state index in [0.29, 0.717) is 6.42 Å². The highest BCUT2D eigenvalue weighted by Crippen LogP contribution is 2.41. The number of aliphatic imine (C=N–C) groups is 1. The van der Waals surface area contributed by atoms with Crippen LogP contribution < -0.4 is 0 Å². The van der Waals surface area contributed by atoms with Gasteiger partial charge in [-0.05, 0) is 25.5 Å². The van der Waals surface area contributed by atoms with E-state index in [9.17, 15) is 0 Å². The van der Waals surface area contributed by atoms with Gasteiger partial charge in [-0.3, -0.25) is 4.98 Å². The van der Waals surface area contributed by atoms with Gasteiger partial charge in [0.15, 0.2) is 0 Å². The van der Waals surface area contributed by atoms with Crippen molar-refractivity contribution in [2.24, 2.45) is 4.99 Å². The van der Waals surface area contributed by atoms with Crippen molar-refractivity contribution in [1.29, 1.82) is 5.26 Å². The minimum Gasteiger partial charge on any atom is -0.485 e. The third-order valence-electron chi connectivity index (χ3n) is 3.60. The summed E-state index contributed by atoms with van der Waals surface area (Å²) >= 11 is 3.67. The molecule has 2 unspecified atom stereocenters. The van der Waals surface area contributed by atoms with Crippen LogP contribution >= 0.6 is 15.9 Å². The van der Waals surface area contributed by atoms with Gasteiger partial charge >= 0.3 is 0 Å². The number of allylic oxidation sites excluding steroid dienone is 3. The largest absolute Gasteiger partial charge is 0.485 e. The lowest BCUT2D eigenvalue weighted by Gasteiger charge is -2.33. The van der Waals surface area contributed by atoms with Crippen LogP contribution in [-0.2, 0) is 4.74 Å². The number of ether oxygens (including phenoxy) is 1. The van der Waals surface area contributed by atoms with E-state index in [2.05, 4.69) is 45.0 Å². The number of pyridine rings is 1. The zero-order valence-corrected chi connectivity index (χ0v) is 13.2. The first-order chi connectivity index (χ1) is 10.1. The first kappa shape index (κ1) is 14.0. The van der Waals surface area contributed by atoms with E-state index in [4.69, 9.17) is 10.00 Å². The number of hydrogen-bond donors (Lipinski definition) is 0. The first-order valence-corrected chi connectivity index (χ1v) is 7.53. The van der Waals surface area contributed by atoms with E-state index < -0.39 is 0 Å². The maximum absolute atomic E-state index is 8.95. The van der Waals surface area contributed by atoms with E-state index in [0.717, 1.165) is 29.0 Å². The third-order valence-corrected chi connectivity index (χ3v) is 4.15. The molecule has 1 fully saturated rings. The normalized spacial score (nSPS) is 29.8.